The topological polar surface area (TPSA) is 93.4 Å². The number of nitriles is 1. The summed E-state index contributed by atoms with van der Waals surface area (Å²) in [6, 6.07) is -0.228. The van der Waals surface area contributed by atoms with E-state index in [9.17, 15) is 4.79 Å². The van der Waals surface area contributed by atoms with Crippen molar-refractivity contribution in [1.29, 1.82) is 5.26 Å². The van der Waals surface area contributed by atoms with E-state index in [4.69, 9.17) is 15.6 Å². The number of rotatable bonds is 2. The Hall–Kier alpha value is -1.12. The predicted molar refractivity (Wildman–Crippen MR) is 22.0 cm³/mol. The molecule has 0 aliphatic rings. The summed E-state index contributed by atoms with van der Waals surface area (Å²) in [7, 11) is 0. The molecule has 0 rings (SSSR count). The van der Waals surface area contributed by atoms with Crippen molar-refractivity contribution in [3.05, 3.63) is 0 Å². The number of hydrogen-bond donors (Lipinski definition) is 3. The first-order valence-electron chi connectivity index (χ1n) is 1.74. The van der Waals surface area contributed by atoms with Gasteiger partial charge in [0.2, 0.25) is 6.04 Å². The molecule has 0 heterocycles. The minimum Gasteiger partial charge on any atom is -0.479 e. The molecule has 0 spiro atoms. The smallest absolute Gasteiger partial charge is 0.337 e. The average molecular weight is 116 g/mol. The Morgan fingerprint density at radius 2 is 2.38 bits per heavy atom. The molecular formula is C3H4N2O3. The molecule has 0 aromatic rings. The molecule has 0 saturated carbocycles. The molecule has 0 aromatic heterocycles. The number of nitrogens with one attached hydrogen (secondary N) is 1. The molecule has 8 heavy (non-hydrogen) atoms. The Kier molecular flexibility index (Phi) is 2.54. The Labute approximate surface area is 45.1 Å². The van der Waals surface area contributed by atoms with Crippen molar-refractivity contribution >= 4 is 5.97 Å². The Bertz CT molecular complexity index is 127. The highest BCUT2D eigenvalue weighted by Crippen LogP contribution is 1.75. The first kappa shape index (κ1) is 6.88. The first-order chi connectivity index (χ1) is 3.72. The third-order valence-electron chi connectivity index (χ3n) is 0.505. The molecule has 1 unspecified atom stereocenters. The highest BCUT2D eigenvalue weighted by atomic mass is 16.5. The molecule has 5 heteroatoms. The number of hydroxylamine groups is 1. The van der Waals surface area contributed by atoms with Gasteiger partial charge < -0.3 is 10.3 Å². The molecular weight excluding hydrogens is 112 g/mol. The molecule has 3 N–H and O–H groups in total. The molecule has 0 fully saturated rings. The fraction of sp³-hybridized carbons (Fsp3) is 0.333. The molecule has 0 aliphatic heterocycles. The summed E-state index contributed by atoms with van der Waals surface area (Å²) in [6.45, 7) is 0. The average Bonchev–Trinajstić information content (AvgIpc) is 1.69. The van der Waals surface area contributed by atoms with Crippen LogP contribution in [0.15, 0.2) is 0 Å². The van der Waals surface area contributed by atoms with Crippen molar-refractivity contribution in [2.75, 3.05) is 0 Å². The summed E-state index contributed by atoms with van der Waals surface area (Å²) in [5, 5.41) is 23.6. The van der Waals surface area contributed by atoms with Gasteiger partial charge in [0.05, 0.1) is 6.07 Å². The van der Waals surface area contributed by atoms with Gasteiger partial charge in [0.1, 0.15) is 0 Å². The van der Waals surface area contributed by atoms with Crippen molar-refractivity contribution in [2.45, 2.75) is 6.04 Å². The predicted octanol–water partition coefficient (Wildman–Crippen LogP) is -1.06. The summed E-state index contributed by atoms with van der Waals surface area (Å²) in [6.07, 6.45) is 0. The SMILES string of the molecule is N#CC(NO)C(=O)O. The van der Waals surface area contributed by atoms with Gasteiger partial charge in [-0.3, -0.25) is 0 Å². The first-order valence-corrected chi connectivity index (χ1v) is 1.74. The normalized spacial score (nSPS) is 12.0. The van der Waals surface area contributed by atoms with Crippen LogP contribution in [0.1, 0.15) is 0 Å². The van der Waals surface area contributed by atoms with Crippen LogP contribution in [0.4, 0.5) is 0 Å². The van der Waals surface area contributed by atoms with E-state index in [1.165, 1.54) is 11.5 Å². The van der Waals surface area contributed by atoms with E-state index in [-0.39, 0.29) is 0 Å². The third kappa shape index (κ3) is 1.55. The van der Waals surface area contributed by atoms with Crippen LogP contribution in [-0.4, -0.2) is 22.3 Å². The summed E-state index contributed by atoms with van der Waals surface area (Å²) < 4.78 is 0. The van der Waals surface area contributed by atoms with Gasteiger partial charge >= 0.3 is 5.97 Å². The molecule has 5 nitrogen and oxygen atoms in total. The maximum absolute atomic E-state index is 9.72. The molecule has 0 radical (unpaired) electrons. The van der Waals surface area contributed by atoms with Crippen LogP contribution >= 0.6 is 0 Å². The zero-order chi connectivity index (χ0) is 6.57. The molecule has 0 saturated heterocycles. The minimum absolute atomic E-state index is 1.29. The highest BCUT2D eigenvalue weighted by molar-refractivity contribution is 5.76. The van der Waals surface area contributed by atoms with Crippen LogP contribution in [0.5, 0.6) is 0 Å². The van der Waals surface area contributed by atoms with Crippen molar-refractivity contribution in [3.8, 4) is 6.07 Å². The summed E-state index contributed by atoms with van der Waals surface area (Å²) in [5.41, 5.74) is 1.29. The maximum atomic E-state index is 9.72. The van der Waals surface area contributed by atoms with Gasteiger partial charge in [-0.1, -0.05) is 0 Å². The van der Waals surface area contributed by atoms with Gasteiger partial charge in [-0.05, 0) is 0 Å². The van der Waals surface area contributed by atoms with Gasteiger partial charge in [0.15, 0.2) is 0 Å². The number of nitrogens with zero attached hydrogens (tertiary/aromatic N) is 1. The van der Waals surface area contributed by atoms with Gasteiger partial charge in [-0.2, -0.15) is 10.7 Å². The van der Waals surface area contributed by atoms with Crippen LogP contribution in [-0.2, 0) is 4.79 Å². The maximum Gasteiger partial charge on any atom is 0.337 e. The molecule has 0 bridgehead atoms. The second-order valence-electron chi connectivity index (χ2n) is 1.03. The van der Waals surface area contributed by atoms with E-state index in [0.717, 1.165) is 0 Å². The minimum atomic E-state index is -1.52. The third-order valence-corrected chi connectivity index (χ3v) is 0.505. The molecule has 0 aliphatic carbocycles. The lowest BCUT2D eigenvalue weighted by molar-refractivity contribution is -0.140. The number of aliphatic carboxylic acids is 1. The van der Waals surface area contributed by atoms with Crippen molar-refractivity contribution < 1.29 is 15.1 Å². The molecule has 44 valence electrons. The molecule has 1 atom stereocenters. The van der Waals surface area contributed by atoms with Gasteiger partial charge in [-0.25, -0.2) is 4.79 Å². The fourth-order valence-corrected chi connectivity index (χ4v) is 0.139. The lowest BCUT2D eigenvalue weighted by Gasteiger charge is -1.95. The van der Waals surface area contributed by atoms with Crippen molar-refractivity contribution in [1.82, 2.24) is 5.48 Å². The van der Waals surface area contributed by atoms with Crippen LogP contribution in [0.3, 0.4) is 0 Å². The van der Waals surface area contributed by atoms with Crippen LogP contribution in [0, 0.1) is 11.3 Å². The van der Waals surface area contributed by atoms with E-state index in [2.05, 4.69) is 0 Å². The number of carbonyl (C=O) groups is 1. The van der Waals surface area contributed by atoms with Gasteiger partial charge in [0.25, 0.3) is 0 Å². The van der Waals surface area contributed by atoms with Crippen molar-refractivity contribution in [3.63, 3.8) is 0 Å². The number of hydrogen-bond acceptors (Lipinski definition) is 4. The molecule has 0 aromatic carbocycles. The quantitative estimate of drug-likeness (QED) is 0.400. The van der Waals surface area contributed by atoms with E-state index >= 15 is 0 Å². The Morgan fingerprint density at radius 1 is 1.88 bits per heavy atom. The Balaban J connectivity index is 3.76. The van der Waals surface area contributed by atoms with Crippen LogP contribution in [0.25, 0.3) is 0 Å². The lowest BCUT2D eigenvalue weighted by atomic mass is 10.4. The van der Waals surface area contributed by atoms with E-state index in [1.54, 1.807) is 0 Å². The standard InChI is InChI=1S/C3H4N2O3/c4-1-2(5-8)3(6)7/h2,5,8H,(H,6,7). The van der Waals surface area contributed by atoms with E-state index < -0.39 is 12.0 Å². The summed E-state index contributed by atoms with van der Waals surface area (Å²) >= 11 is 0. The van der Waals surface area contributed by atoms with Gasteiger partial charge in [0, 0.05) is 0 Å². The largest absolute Gasteiger partial charge is 0.479 e. The van der Waals surface area contributed by atoms with E-state index in [0.29, 0.717) is 0 Å². The second kappa shape index (κ2) is 2.96. The van der Waals surface area contributed by atoms with Crippen LogP contribution in [0.2, 0.25) is 0 Å². The zero-order valence-corrected chi connectivity index (χ0v) is 3.83. The summed E-state index contributed by atoms with van der Waals surface area (Å²) in [4.78, 5) is 9.72. The lowest BCUT2D eigenvalue weighted by Crippen LogP contribution is -2.32. The highest BCUT2D eigenvalue weighted by Gasteiger charge is 2.12. The number of carboxylic acids is 1. The van der Waals surface area contributed by atoms with Crippen LogP contribution < -0.4 is 5.48 Å². The van der Waals surface area contributed by atoms with E-state index in [1.807, 2.05) is 0 Å². The fourth-order valence-electron chi connectivity index (χ4n) is 0.139. The zero-order valence-electron chi connectivity index (χ0n) is 3.83. The number of carboxylic acid groups (broad SMARTS) is 1. The Morgan fingerprint density at radius 3 is 2.38 bits per heavy atom. The van der Waals surface area contributed by atoms with Crippen molar-refractivity contribution in [2.24, 2.45) is 0 Å². The second-order valence-corrected chi connectivity index (χ2v) is 1.03. The van der Waals surface area contributed by atoms with Gasteiger partial charge in [-0.15, -0.1) is 0 Å². The monoisotopic (exact) mass is 116 g/mol. The summed E-state index contributed by atoms with van der Waals surface area (Å²) in [5.74, 6) is -1.39. The molecule has 0 amide bonds.